The lowest BCUT2D eigenvalue weighted by atomic mass is 9.88. The highest BCUT2D eigenvalue weighted by molar-refractivity contribution is 6.12. The van der Waals surface area contributed by atoms with Crippen molar-refractivity contribution in [2.45, 2.75) is 50.3 Å². The molecule has 1 aliphatic carbocycles. The summed E-state index contributed by atoms with van der Waals surface area (Å²) in [6.45, 7) is 0. The lowest BCUT2D eigenvalue weighted by molar-refractivity contribution is -0.137. The number of aliphatic carboxylic acids is 1. The highest BCUT2D eigenvalue weighted by Crippen LogP contribution is 2.37. The van der Waals surface area contributed by atoms with Gasteiger partial charge in [-0.15, -0.1) is 0 Å². The van der Waals surface area contributed by atoms with Gasteiger partial charge in [-0.2, -0.15) is 0 Å². The average Bonchev–Trinajstić information content (AvgIpc) is 2.83. The van der Waals surface area contributed by atoms with Gasteiger partial charge in [0.15, 0.2) is 0 Å². The van der Waals surface area contributed by atoms with Gasteiger partial charge >= 0.3 is 5.97 Å². The van der Waals surface area contributed by atoms with Gasteiger partial charge < -0.3 is 19.7 Å². The van der Waals surface area contributed by atoms with Gasteiger partial charge in [0.2, 0.25) is 0 Å². The van der Waals surface area contributed by atoms with Crippen molar-refractivity contribution in [3.8, 4) is 0 Å². The van der Waals surface area contributed by atoms with E-state index in [2.05, 4.69) is 0 Å². The smallest absolute Gasteiger partial charge is 0.303 e. The molecule has 1 unspecified atom stereocenters. The van der Waals surface area contributed by atoms with Crippen molar-refractivity contribution < 1.29 is 24.5 Å². The summed E-state index contributed by atoms with van der Waals surface area (Å²) in [5.41, 5.74) is 0. The number of rotatable bonds is 10. The summed E-state index contributed by atoms with van der Waals surface area (Å²) in [6.07, 6.45) is 10.2. The summed E-state index contributed by atoms with van der Waals surface area (Å²) in [7, 11) is 8.92. The Morgan fingerprint density at radius 3 is 2.74 bits per heavy atom. The number of aliphatic hydroxyl groups excluding tert-OH is 1. The Morgan fingerprint density at radius 1 is 1.39 bits per heavy atom. The summed E-state index contributed by atoms with van der Waals surface area (Å²) in [5, 5.41) is 18.9. The minimum Gasteiger partial charge on any atom is -0.481 e. The van der Waals surface area contributed by atoms with Gasteiger partial charge in [0.05, 0.1) is 12.2 Å². The van der Waals surface area contributed by atoms with E-state index in [1.165, 1.54) is 0 Å². The molecule has 0 aliphatic heterocycles. The molecule has 1 fully saturated rings. The van der Waals surface area contributed by atoms with E-state index in [4.69, 9.17) is 22.4 Å². The number of unbranched alkanes of at least 4 members (excludes halogenated alkanes) is 1. The Morgan fingerprint density at radius 2 is 2.13 bits per heavy atom. The summed E-state index contributed by atoms with van der Waals surface area (Å²) >= 11 is 0. The molecule has 0 amide bonds. The largest absolute Gasteiger partial charge is 0.481 e. The van der Waals surface area contributed by atoms with Crippen LogP contribution in [0.2, 0.25) is 0 Å². The van der Waals surface area contributed by atoms with Crippen molar-refractivity contribution in [1.82, 2.24) is 0 Å². The first-order chi connectivity index (χ1) is 11.0. The number of aliphatic hydroxyl groups is 1. The van der Waals surface area contributed by atoms with E-state index in [9.17, 15) is 9.90 Å². The number of carbonyl (C=O) groups is 1. The lowest BCUT2D eigenvalue weighted by Gasteiger charge is -2.21. The molecule has 0 heterocycles. The summed E-state index contributed by atoms with van der Waals surface area (Å²) in [6, 6.07) is -0.461. The van der Waals surface area contributed by atoms with Crippen molar-refractivity contribution in [2.24, 2.45) is 11.8 Å². The van der Waals surface area contributed by atoms with E-state index in [1.807, 2.05) is 18.2 Å². The van der Waals surface area contributed by atoms with E-state index in [0.717, 1.165) is 12.8 Å². The van der Waals surface area contributed by atoms with Crippen LogP contribution < -0.4 is 0 Å². The highest BCUT2D eigenvalue weighted by atomic mass is 16.5. The van der Waals surface area contributed by atoms with Crippen molar-refractivity contribution in [1.29, 1.82) is 0 Å². The zero-order valence-electron chi connectivity index (χ0n) is 13.9. The number of carboxylic acids is 1. The van der Waals surface area contributed by atoms with Crippen LogP contribution in [0, 0.1) is 11.8 Å². The Balaban J connectivity index is 2.56. The van der Waals surface area contributed by atoms with Gasteiger partial charge in [-0.3, -0.25) is 4.79 Å². The maximum atomic E-state index is 10.4. The summed E-state index contributed by atoms with van der Waals surface area (Å²) < 4.78 is 10.5. The minimum absolute atomic E-state index is 0.0317. The van der Waals surface area contributed by atoms with Crippen molar-refractivity contribution in [3.05, 3.63) is 24.3 Å². The fourth-order valence-electron chi connectivity index (χ4n) is 3.00. The van der Waals surface area contributed by atoms with E-state index in [0.29, 0.717) is 12.8 Å². The first kappa shape index (κ1) is 19.9. The first-order valence-electron chi connectivity index (χ1n) is 8.04. The number of ether oxygens (including phenoxy) is 2. The van der Waals surface area contributed by atoms with Crippen LogP contribution >= 0.6 is 0 Å². The molecule has 23 heavy (non-hydrogen) atoms. The van der Waals surface area contributed by atoms with E-state index in [1.54, 1.807) is 20.3 Å². The Kier molecular flexibility index (Phi) is 9.21. The fraction of sp³-hybridized carbons (Fsp3) is 0.706. The van der Waals surface area contributed by atoms with E-state index >= 15 is 0 Å². The molecule has 128 valence electrons. The van der Waals surface area contributed by atoms with Crippen LogP contribution in [0.5, 0.6) is 0 Å². The molecule has 1 saturated carbocycles. The molecule has 0 aromatic carbocycles. The molecular formula is C17H27BO5. The number of carboxylic acid groups (broad SMARTS) is 1. The fourth-order valence-corrected chi connectivity index (χ4v) is 3.00. The molecule has 6 heteroatoms. The normalized spacial score (nSPS) is 29.5. The van der Waals surface area contributed by atoms with E-state index in [-0.39, 0.29) is 24.4 Å². The maximum absolute atomic E-state index is 10.4. The Bertz CT molecular complexity index is 410. The maximum Gasteiger partial charge on any atom is 0.303 e. The zero-order chi connectivity index (χ0) is 17.2. The highest BCUT2D eigenvalue weighted by Gasteiger charge is 2.40. The molecule has 0 saturated heterocycles. The number of hydrogen-bond acceptors (Lipinski definition) is 4. The van der Waals surface area contributed by atoms with Crippen molar-refractivity contribution in [2.75, 3.05) is 14.2 Å². The van der Waals surface area contributed by atoms with Crippen LogP contribution in [0.25, 0.3) is 0 Å². The van der Waals surface area contributed by atoms with Crippen LogP contribution in [-0.2, 0) is 14.3 Å². The van der Waals surface area contributed by atoms with Gasteiger partial charge in [-0.1, -0.05) is 24.3 Å². The van der Waals surface area contributed by atoms with Gasteiger partial charge in [0.1, 0.15) is 7.85 Å². The third-order valence-electron chi connectivity index (χ3n) is 4.33. The molecule has 1 aliphatic rings. The van der Waals surface area contributed by atoms with Gasteiger partial charge in [0.25, 0.3) is 0 Å². The zero-order valence-corrected chi connectivity index (χ0v) is 13.9. The minimum atomic E-state index is -0.771. The SMILES string of the molecule is [B]C(C=C[C@@H]1[C@@H](C/C=C\CCCC(=O)O)[C@@H](O)C[C@H]1OC)OC. The third kappa shape index (κ3) is 6.89. The molecule has 0 spiro atoms. The molecule has 1 rings (SSSR count). The molecule has 5 nitrogen and oxygen atoms in total. The number of hydrogen-bond donors (Lipinski definition) is 2. The molecule has 5 atom stereocenters. The quantitative estimate of drug-likeness (QED) is 0.365. The van der Waals surface area contributed by atoms with Crippen LogP contribution in [0.3, 0.4) is 0 Å². The molecule has 0 aromatic heterocycles. The molecule has 2 N–H and O–H groups in total. The summed E-state index contributed by atoms with van der Waals surface area (Å²) in [5.74, 6) is -0.622. The van der Waals surface area contributed by atoms with Gasteiger partial charge in [-0.05, 0) is 25.2 Å². The predicted octanol–water partition coefficient (Wildman–Crippen LogP) is 1.90. The van der Waals surface area contributed by atoms with Crippen LogP contribution in [0.4, 0.5) is 0 Å². The Labute approximate surface area is 139 Å². The molecule has 2 radical (unpaired) electrons. The summed E-state index contributed by atoms with van der Waals surface area (Å²) in [4.78, 5) is 10.4. The van der Waals surface area contributed by atoms with E-state index < -0.39 is 18.1 Å². The second-order valence-corrected chi connectivity index (χ2v) is 5.90. The topological polar surface area (TPSA) is 76.0 Å². The number of methoxy groups -OCH3 is 2. The molecule has 0 bridgehead atoms. The average molecular weight is 322 g/mol. The monoisotopic (exact) mass is 322 g/mol. The van der Waals surface area contributed by atoms with Gasteiger partial charge in [-0.25, -0.2) is 0 Å². The molecule has 0 aromatic rings. The van der Waals surface area contributed by atoms with Crippen molar-refractivity contribution in [3.63, 3.8) is 0 Å². The van der Waals surface area contributed by atoms with Crippen LogP contribution in [0.1, 0.15) is 32.1 Å². The van der Waals surface area contributed by atoms with Crippen LogP contribution in [-0.4, -0.2) is 56.5 Å². The second-order valence-electron chi connectivity index (χ2n) is 5.90. The first-order valence-corrected chi connectivity index (χ1v) is 8.04. The molecular weight excluding hydrogens is 295 g/mol. The predicted molar refractivity (Wildman–Crippen MR) is 89.3 cm³/mol. The second kappa shape index (κ2) is 10.6. The van der Waals surface area contributed by atoms with Crippen LogP contribution in [0.15, 0.2) is 24.3 Å². The third-order valence-corrected chi connectivity index (χ3v) is 4.33. The number of allylic oxidation sites excluding steroid dienone is 2. The Hall–Kier alpha value is -1.11. The van der Waals surface area contributed by atoms with Crippen molar-refractivity contribution >= 4 is 13.8 Å². The lowest BCUT2D eigenvalue weighted by Crippen LogP contribution is -2.21. The van der Waals surface area contributed by atoms with Gasteiger partial charge in [0, 0.05) is 39.0 Å². The standard InChI is InChI=1S/C17H27BO5/c1-22-15-11-14(19)12(13(15)9-10-16(18)23-2)7-5-3-4-6-8-17(20)21/h3,5,9-10,12-16,19H,4,6-8,11H2,1-2H3,(H,20,21)/b5-3-,10-9?/t12-,13-,14+,15-,16?/m1/s1.